The van der Waals surface area contributed by atoms with E-state index in [0.29, 0.717) is 30.3 Å². The molecule has 0 aromatic carbocycles. The molecular weight excluding hydrogens is 168 g/mol. The second kappa shape index (κ2) is 2.94. The van der Waals surface area contributed by atoms with Gasteiger partial charge in [-0.05, 0) is 6.42 Å². The molecule has 3 saturated heterocycles. The van der Waals surface area contributed by atoms with Gasteiger partial charge in [0.15, 0.2) is 0 Å². The minimum atomic E-state index is 0.383. The van der Waals surface area contributed by atoms with E-state index in [9.17, 15) is 0 Å². The summed E-state index contributed by atoms with van der Waals surface area (Å²) in [4.78, 5) is 0. The molecule has 3 heteroatoms. The van der Waals surface area contributed by atoms with Crippen LogP contribution in [-0.4, -0.2) is 37.6 Å². The summed E-state index contributed by atoms with van der Waals surface area (Å²) in [6, 6.07) is 0. The van der Waals surface area contributed by atoms with Crippen LogP contribution in [0.3, 0.4) is 0 Å². The monoisotopic (exact) mass is 184 g/mol. The second-order valence-corrected chi connectivity index (χ2v) is 4.26. The number of ether oxygens (including phenoxy) is 3. The van der Waals surface area contributed by atoms with Crippen LogP contribution in [0.15, 0.2) is 0 Å². The van der Waals surface area contributed by atoms with Gasteiger partial charge < -0.3 is 14.2 Å². The van der Waals surface area contributed by atoms with Gasteiger partial charge in [0.25, 0.3) is 0 Å². The lowest BCUT2D eigenvalue weighted by molar-refractivity contribution is -0.201. The molecular formula is C10H16O3. The highest BCUT2D eigenvalue weighted by atomic mass is 16.6. The van der Waals surface area contributed by atoms with Crippen molar-refractivity contribution >= 4 is 0 Å². The predicted molar refractivity (Wildman–Crippen MR) is 46.5 cm³/mol. The van der Waals surface area contributed by atoms with Crippen LogP contribution in [0, 0.1) is 5.92 Å². The van der Waals surface area contributed by atoms with Crippen molar-refractivity contribution in [2.45, 2.75) is 44.2 Å². The summed E-state index contributed by atoms with van der Waals surface area (Å²) >= 11 is 0. The number of hydrogen-bond donors (Lipinski definition) is 0. The highest BCUT2D eigenvalue weighted by Crippen LogP contribution is 2.43. The molecule has 0 aliphatic carbocycles. The first kappa shape index (κ1) is 8.21. The Kier molecular flexibility index (Phi) is 1.86. The summed E-state index contributed by atoms with van der Waals surface area (Å²) < 4.78 is 16.3. The summed E-state index contributed by atoms with van der Waals surface area (Å²) in [6.45, 7) is 4.04. The molecule has 74 valence electrons. The standard InChI is InChI=1S/C10H16O3/c1-2-3-6-9(7-4-11-7)13-10(6)8-5-12-8/h6-10H,2-5H2,1H3. The first-order valence-corrected chi connectivity index (χ1v) is 5.29. The third kappa shape index (κ3) is 1.39. The van der Waals surface area contributed by atoms with Gasteiger partial charge in [-0.25, -0.2) is 0 Å². The van der Waals surface area contributed by atoms with Crippen molar-refractivity contribution in [3.63, 3.8) is 0 Å². The molecule has 0 saturated carbocycles. The number of rotatable bonds is 4. The van der Waals surface area contributed by atoms with E-state index < -0.39 is 0 Å². The van der Waals surface area contributed by atoms with Crippen molar-refractivity contribution < 1.29 is 14.2 Å². The van der Waals surface area contributed by atoms with E-state index in [2.05, 4.69) is 6.92 Å². The maximum absolute atomic E-state index is 5.80. The summed E-state index contributed by atoms with van der Waals surface area (Å²) in [5.41, 5.74) is 0. The predicted octanol–water partition coefficient (Wildman–Crippen LogP) is 0.968. The molecule has 0 amide bonds. The zero-order chi connectivity index (χ0) is 8.84. The summed E-state index contributed by atoms with van der Waals surface area (Å²) in [5.74, 6) is 0.699. The van der Waals surface area contributed by atoms with Crippen molar-refractivity contribution in [2.75, 3.05) is 13.2 Å². The average Bonchev–Trinajstić information content (AvgIpc) is 2.88. The molecule has 3 aliphatic rings. The van der Waals surface area contributed by atoms with Gasteiger partial charge in [0.2, 0.25) is 0 Å². The lowest BCUT2D eigenvalue weighted by atomic mass is 9.82. The molecule has 0 aromatic rings. The van der Waals surface area contributed by atoms with Crippen LogP contribution in [0.4, 0.5) is 0 Å². The highest BCUT2D eigenvalue weighted by Gasteiger charge is 2.55. The maximum atomic E-state index is 5.80. The van der Waals surface area contributed by atoms with Gasteiger partial charge in [-0.3, -0.25) is 0 Å². The summed E-state index contributed by atoms with van der Waals surface area (Å²) in [5, 5.41) is 0. The Morgan fingerprint density at radius 1 is 1.08 bits per heavy atom. The van der Waals surface area contributed by atoms with Crippen molar-refractivity contribution in [3.8, 4) is 0 Å². The number of epoxide rings is 2. The topological polar surface area (TPSA) is 34.3 Å². The molecule has 3 heterocycles. The van der Waals surface area contributed by atoms with E-state index in [0.717, 1.165) is 13.2 Å². The van der Waals surface area contributed by atoms with Crippen LogP contribution in [0.1, 0.15) is 19.8 Å². The van der Waals surface area contributed by atoms with Crippen molar-refractivity contribution in [1.29, 1.82) is 0 Å². The smallest absolute Gasteiger partial charge is 0.107 e. The van der Waals surface area contributed by atoms with Crippen LogP contribution >= 0.6 is 0 Å². The Morgan fingerprint density at radius 3 is 2.00 bits per heavy atom. The molecule has 0 radical (unpaired) electrons. The van der Waals surface area contributed by atoms with Gasteiger partial charge in [0.1, 0.15) is 12.2 Å². The van der Waals surface area contributed by atoms with Crippen LogP contribution in [0.25, 0.3) is 0 Å². The fourth-order valence-corrected chi connectivity index (χ4v) is 2.36. The molecule has 4 unspecified atom stereocenters. The lowest BCUT2D eigenvalue weighted by Gasteiger charge is -2.43. The normalized spacial score (nSPS) is 52.8. The van der Waals surface area contributed by atoms with Crippen LogP contribution in [0.2, 0.25) is 0 Å². The zero-order valence-corrected chi connectivity index (χ0v) is 7.94. The molecule has 4 atom stereocenters. The second-order valence-electron chi connectivity index (χ2n) is 4.26. The third-order valence-electron chi connectivity index (χ3n) is 3.23. The number of hydrogen-bond acceptors (Lipinski definition) is 3. The van der Waals surface area contributed by atoms with E-state index in [-0.39, 0.29) is 0 Å². The van der Waals surface area contributed by atoms with Gasteiger partial charge in [-0.1, -0.05) is 13.3 Å². The lowest BCUT2D eigenvalue weighted by Crippen LogP contribution is -2.54. The fraction of sp³-hybridized carbons (Fsp3) is 1.00. The highest BCUT2D eigenvalue weighted by molar-refractivity contribution is 5.02. The molecule has 3 fully saturated rings. The van der Waals surface area contributed by atoms with Gasteiger partial charge in [-0.2, -0.15) is 0 Å². The van der Waals surface area contributed by atoms with Gasteiger partial charge in [0.05, 0.1) is 25.4 Å². The maximum Gasteiger partial charge on any atom is 0.107 e. The van der Waals surface area contributed by atoms with Gasteiger partial charge in [-0.15, -0.1) is 0 Å². The van der Waals surface area contributed by atoms with Crippen molar-refractivity contribution in [2.24, 2.45) is 5.92 Å². The largest absolute Gasteiger partial charge is 0.370 e. The van der Waals surface area contributed by atoms with Crippen LogP contribution < -0.4 is 0 Å². The Morgan fingerprint density at radius 2 is 1.62 bits per heavy atom. The molecule has 0 spiro atoms. The van der Waals surface area contributed by atoms with Crippen molar-refractivity contribution in [3.05, 3.63) is 0 Å². The van der Waals surface area contributed by atoms with Gasteiger partial charge >= 0.3 is 0 Å². The van der Waals surface area contributed by atoms with E-state index in [4.69, 9.17) is 14.2 Å². The van der Waals surface area contributed by atoms with E-state index in [1.807, 2.05) is 0 Å². The first-order valence-electron chi connectivity index (χ1n) is 5.29. The Bertz CT molecular complexity index is 180. The van der Waals surface area contributed by atoms with E-state index >= 15 is 0 Å². The summed E-state index contributed by atoms with van der Waals surface area (Å²) in [6.07, 6.45) is 4.08. The molecule has 3 nitrogen and oxygen atoms in total. The first-order chi connectivity index (χ1) is 6.40. The van der Waals surface area contributed by atoms with E-state index in [1.54, 1.807) is 0 Å². The minimum Gasteiger partial charge on any atom is -0.370 e. The van der Waals surface area contributed by atoms with Crippen molar-refractivity contribution in [1.82, 2.24) is 0 Å². The molecule has 13 heavy (non-hydrogen) atoms. The fourth-order valence-electron chi connectivity index (χ4n) is 2.36. The van der Waals surface area contributed by atoms with Crippen LogP contribution in [0.5, 0.6) is 0 Å². The molecule has 3 rings (SSSR count). The Hall–Kier alpha value is -0.120. The molecule has 3 aliphatic heterocycles. The summed E-state index contributed by atoms with van der Waals surface area (Å²) in [7, 11) is 0. The van der Waals surface area contributed by atoms with Gasteiger partial charge in [0, 0.05) is 5.92 Å². The minimum absolute atomic E-state index is 0.383. The Balaban J connectivity index is 1.59. The SMILES string of the molecule is CCCC1C(C2CO2)OC1C1CO1. The third-order valence-corrected chi connectivity index (χ3v) is 3.23. The average molecular weight is 184 g/mol. The quantitative estimate of drug-likeness (QED) is 0.610. The zero-order valence-electron chi connectivity index (χ0n) is 7.94. The Labute approximate surface area is 78.3 Å². The molecule has 0 bridgehead atoms. The van der Waals surface area contributed by atoms with E-state index in [1.165, 1.54) is 12.8 Å². The molecule has 0 aromatic heterocycles. The molecule has 0 N–H and O–H groups in total. The van der Waals surface area contributed by atoms with Crippen LogP contribution in [-0.2, 0) is 14.2 Å².